The van der Waals surface area contributed by atoms with Gasteiger partial charge in [-0.25, -0.2) is 31.1 Å². The molecule has 0 aliphatic carbocycles. The van der Waals surface area contributed by atoms with E-state index >= 15 is 16.8 Å². The molecule has 1 saturated heterocycles. The summed E-state index contributed by atoms with van der Waals surface area (Å²) in [5, 5.41) is 19.2. The van der Waals surface area contributed by atoms with Crippen LogP contribution in [0.15, 0.2) is 125 Å². The number of alkyl carbamates (subject to hydrolysis) is 1. The normalized spacial score (nSPS) is 13.9. The summed E-state index contributed by atoms with van der Waals surface area (Å²) in [4.78, 5) is 27.2. The van der Waals surface area contributed by atoms with E-state index in [1.807, 2.05) is 42.5 Å². The lowest BCUT2D eigenvalue weighted by Gasteiger charge is -2.27. The fourth-order valence-electron chi connectivity index (χ4n) is 7.70. The van der Waals surface area contributed by atoms with Gasteiger partial charge < -0.3 is 39.2 Å². The number of aromatic nitrogens is 4. The number of carbonyl (C=O) groups is 2. The van der Waals surface area contributed by atoms with E-state index in [1.54, 1.807) is 88.5 Å². The van der Waals surface area contributed by atoms with Gasteiger partial charge in [0.2, 0.25) is 25.9 Å². The monoisotopic (exact) mass is 1030 g/mol. The molecular formula is C50H59N9O11S2. The van der Waals surface area contributed by atoms with Crippen molar-refractivity contribution in [2.75, 3.05) is 52.8 Å². The van der Waals surface area contributed by atoms with E-state index in [0.29, 0.717) is 28.4 Å². The Bertz CT molecular complexity index is 2960. The highest BCUT2D eigenvalue weighted by Gasteiger charge is 2.40. The number of likely N-dealkylation sites (tertiary alicyclic amines) is 1. The smallest absolute Gasteiger partial charge is 0.410 e. The number of carbonyl (C=O) groups excluding carboxylic acids is 2. The molecule has 0 saturated carbocycles. The summed E-state index contributed by atoms with van der Waals surface area (Å²) in [6, 6.07) is 31.8. The van der Waals surface area contributed by atoms with E-state index in [1.165, 1.54) is 40.4 Å². The minimum Gasteiger partial charge on any atom is -0.497 e. The number of sulfonamides is 2. The van der Waals surface area contributed by atoms with Crippen LogP contribution in [0.5, 0.6) is 17.2 Å². The van der Waals surface area contributed by atoms with E-state index in [0.717, 1.165) is 11.1 Å². The lowest BCUT2D eigenvalue weighted by molar-refractivity contribution is 0.0291. The van der Waals surface area contributed by atoms with Crippen LogP contribution in [0.4, 0.5) is 15.3 Å². The second-order valence-corrected chi connectivity index (χ2v) is 21.3. The molecule has 0 unspecified atom stereocenters. The third-order valence-corrected chi connectivity index (χ3v) is 14.9. The van der Waals surface area contributed by atoms with Crippen molar-refractivity contribution in [2.24, 2.45) is 0 Å². The van der Waals surface area contributed by atoms with Gasteiger partial charge in [0.05, 0.1) is 33.4 Å². The molecule has 382 valence electrons. The van der Waals surface area contributed by atoms with Crippen molar-refractivity contribution >= 4 is 37.9 Å². The maximum absolute atomic E-state index is 16.0. The Balaban J connectivity index is 1.33. The third kappa shape index (κ3) is 13.8. The van der Waals surface area contributed by atoms with Crippen LogP contribution in [0.2, 0.25) is 0 Å². The highest BCUT2D eigenvalue weighted by atomic mass is 32.2. The molecule has 1 fully saturated rings. The molecule has 1 aliphatic heterocycles. The number of anilines is 1. The topological polar surface area (TPSA) is 235 Å². The van der Waals surface area contributed by atoms with Crippen molar-refractivity contribution in [2.45, 2.75) is 74.9 Å². The summed E-state index contributed by atoms with van der Waals surface area (Å²) in [5.41, 5.74) is 1.80. The van der Waals surface area contributed by atoms with E-state index in [2.05, 4.69) is 30.8 Å². The Morgan fingerprint density at radius 3 is 1.89 bits per heavy atom. The zero-order valence-electron chi connectivity index (χ0n) is 40.9. The van der Waals surface area contributed by atoms with Crippen LogP contribution >= 0.6 is 0 Å². The first-order valence-electron chi connectivity index (χ1n) is 23.0. The Morgan fingerprint density at radius 1 is 0.736 bits per heavy atom. The molecule has 5 aromatic carbocycles. The van der Waals surface area contributed by atoms with Gasteiger partial charge in [0.25, 0.3) is 0 Å². The minimum absolute atomic E-state index is 0.00519. The van der Waals surface area contributed by atoms with Crippen LogP contribution in [-0.4, -0.2) is 118 Å². The number of hydrogen-bond donors (Lipinski definition) is 3. The van der Waals surface area contributed by atoms with Crippen molar-refractivity contribution in [1.82, 2.24) is 39.5 Å². The Hall–Kier alpha value is -7.27. The SMILES string of the molecule is COc1ccc(CN(Cc2ccc(OC)cc2)S(=O)(=O)c2c(S(=O)(=O)N[C@@H]3CCN(C(=O)OC(C)(C)C)C3)ccc(NCCNC(=O)OCc3ccccc3)c2-c2nnn(Cc3ccc(OC)cc3)n2)cc1. The van der Waals surface area contributed by atoms with Gasteiger partial charge in [-0.3, -0.25) is 0 Å². The number of nitrogens with zero attached hydrogens (tertiary/aromatic N) is 6. The molecule has 7 rings (SSSR count). The van der Waals surface area contributed by atoms with Gasteiger partial charge in [0.15, 0.2) is 0 Å². The van der Waals surface area contributed by atoms with Crippen LogP contribution in [-0.2, 0) is 55.8 Å². The predicted molar refractivity (Wildman–Crippen MR) is 267 cm³/mol. The first-order chi connectivity index (χ1) is 34.4. The average molecular weight is 1030 g/mol. The summed E-state index contributed by atoms with van der Waals surface area (Å²) in [5.74, 6) is 1.50. The third-order valence-electron chi connectivity index (χ3n) is 11.3. The summed E-state index contributed by atoms with van der Waals surface area (Å²) >= 11 is 0. The number of amides is 2. The van der Waals surface area contributed by atoms with Gasteiger partial charge in [0, 0.05) is 51.0 Å². The van der Waals surface area contributed by atoms with Crippen molar-refractivity contribution < 1.29 is 50.1 Å². The minimum atomic E-state index is -4.95. The molecule has 72 heavy (non-hydrogen) atoms. The van der Waals surface area contributed by atoms with E-state index < -0.39 is 53.7 Å². The molecule has 20 nitrogen and oxygen atoms in total. The van der Waals surface area contributed by atoms with E-state index in [4.69, 9.17) is 23.7 Å². The van der Waals surface area contributed by atoms with E-state index in [-0.39, 0.29) is 75.9 Å². The number of hydrogen-bond acceptors (Lipinski definition) is 15. The number of rotatable bonds is 21. The molecule has 1 aromatic heterocycles. The number of methoxy groups -OCH3 is 3. The predicted octanol–water partition coefficient (Wildman–Crippen LogP) is 6.43. The second kappa shape index (κ2) is 23.3. The molecule has 22 heteroatoms. The first-order valence-corrected chi connectivity index (χ1v) is 25.9. The molecule has 6 aromatic rings. The van der Waals surface area contributed by atoms with Crippen molar-refractivity contribution in [3.63, 3.8) is 0 Å². The molecule has 2 amide bonds. The van der Waals surface area contributed by atoms with Gasteiger partial charge in [0.1, 0.15) is 39.2 Å². The molecule has 1 aliphatic rings. The number of nitrogens with one attached hydrogen (secondary N) is 3. The molecule has 0 bridgehead atoms. The zero-order chi connectivity index (χ0) is 51.5. The quantitative estimate of drug-likeness (QED) is 0.0659. The Kier molecular flexibility index (Phi) is 17.0. The maximum atomic E-state index is 16.0. The molecule has 3 N–H and O–H groups in total. The van der Waals surface area contributed by atoms with Gasteiger partial charge >= 0.3 is 12.2 Å². The van der Waals surface area contributed by atoms with Crippen molar-refractivity contribution in [3.05, 3.63) is 138 Å². The van der Waals surface area contributed by atoms with Gasteiger partial charge in [-0.1, -0.05) is 66.7 Å². The van der Waals surface area contributed by atoms with Gasteiger partial charge in [-0.05, 0) is 103 Å². The standard InChI is InChI=1S/C50H59N9O11S2/c1-50(2,3)70-49(61)57-29-26-39(33-57)55-71(62,63)44-25-24-43(51-27-28-52-48(60)69-34-38-10-8-7-9-11-38)45(47-53-56-59(54-47)32-37-16-22-42(68-6)23-17-37)46(44)72(64,65)58(30-35-12-18-40(66-4)19-13-35)31-36-14-20-41(67-5)21-15-36/h7-25,39,51,55H,26-34H2,1-6H3,(H,52,60)/t39-/m1/s1. The van der Waals surface area contributed by atoms with Crippen LogP contribution in [0.3, 0.4) is 0 Å². The fourth-order valence-corrected chi connectivity index (χ4v) is 11.4. The Morgan fingerprint density at radius 2 is 1.32 bits per heavy atom. The first kappa shape index (κ1) is 52.6. The average Bonchev–Trinajstić information content (AvgIpc) is 4.04. The lowest BCUT2D eigenvalue weighted by atomic mass is 10.1. The van der Waals surface area contributed by atoms with Crippen LogP contribution in [0.25, 0.3) is 11.4 Å². The molecule has 1 atom stereocenters. The van der Waals surface area contributed by atoms with Crippen molar-refractivity contribution in [3.8, 4) is 28.6 Å². The van der Waals surface area contributed by atoms with Gasteiger partial charge in [-0.15, -0.1) is 10.2 Å². The number of ether oxygens (including phenoxy) is 5. The number of benzene rings is 5. The molecule has 0 radical (unpaired) electrons. The zero-order valence-corrected chi connectivity index (χ0v) is 42.5. The highest BCUT2D eigenvalue weighted by molar-refractivity contribution is 7.92. The lowest BCUT2D eigenvalue weighted by Crippen LogP contribution is -2.41. The van der Waals surface area contributed by atoms with Gasteiger partial charge in [-0.2, -0.15) is 9.10 Å². The van der Waals surface area contributed by atoms with Crippen LogP contribution in [0, 0.1) is 0 Å². The summed E-state index contributed by atoms with van der Waals surface area (Å²) in [6.45, 7) is 5.07. The second-order valence-electron chi connectivity index (χ2n) is 17.7. The summed E-state index contributed by atoms with van der Waals surface area (Å²) in [6.07, 6.45) is -1.08. The Labute approximate surface area is 419 Å². The largest absolute Gasteiger partial charge is 0.497 e. The fraction of sp³-hybridized carbons (Fsp3) is 0.340. The van der Waals surface area contributed by atoms with E-state index in [9.17, 15) is 9.59 Å². The van der Waals surface area contributed by atoms with Crippen LogP contribution < -0.4 is 29.6 Å². The molecule has 2 heterocycles. The summed E-state index contributed by atoms with van der Waals surface area (Å²) in [7, 11) is -5.13. The van der Waals surface area contributed by atoms with Crippen molar-refractivity contribution in [1.29, 1.82) is 0 Å². The maximum Gasteiger partial charge on any atom is 0.410 e. The summed E-state index contributed by atoms with van der Waals surface area (Å²) < 4.78 is 92.9. The number of tetrazole rings is 1. The highest BCUT2D eigenvalue weighted by Crippen LogP contribution is 2.40. The van der Waals surface area contributed by atoms with Crippen LogP contribution in [0.1, 0.15) is 49.4 Å². The molecule has 0 spiro atoms. The molecular weight excluding hydrogens is 967 g/mol.